The van der Waals surface area contributed by atoms with Crippen LogP contribution in [0.5, 0.6) is 0 Å². The third-order valence-electron chi connectivity index (χ3n) is 5.86. The van der Waals surface area contributed by atoms with Gasteiger partial charge in [-0.1, -0.05) is 19.8 Å². The summed E-state index contributed by atoms with van der Waals surface area (Å²) in [5, 5.41) is 3.97. The molecule has 2 aliphatic carbocycles. The third-order valence-corrected chi connectivity index (χ3v) is 5.86. The summed E-state index contributed by atoms with van der Waals surface area (Å²) in [5.74, 6) is 0. The molecular weight excluding hydrogens is 222 g/mol. The molecule has 3 aliphatic rings. The molecule has 104 valence electrons. The average Bonchev–Trinajstić information content (AvgIpc) is 3.05. The standard InChI is InChI=1S/C16H29NO/c1-2-5-15(7-8-15)13-17-14-4-3-6-16(14)9-11-18-12-10-16/h14,17H,2-13H2,1H3. The van der Waals surface area contributed by atoms with Crippen molar-refractivity contribution in [2.24, 2.45) is 10.8 Å². The molecule has 1 aliphatic heterocycles. The smallest absolute Gasteiger partial charge is 0.0471 e. The Labute approximate surface area is 112 Å². The number of nitrogens with one attached hydrogen (secondary N) is 1. The van der Waals surface area contributed by atoms with E-state index in [4.69, 9.17) is 4.74 Å². The van der Waals surface area contributed by atoms with E-state index >= 15 is 0 Å². The predicted molar refractivity (Wildman–Crippen MR) is 74.7 cm³/mol. The van der Waals surface area contributed by atoms with E-state index in [0.29, 0.717) is 10.8 Å². The van der Waals surface area contributed by atoms with Crippen molar-refractivity contribution in [3.8, 4) is 0 Å². The maximum atomic E-state index is 5.57. The minimum Gasteiger partial charge on any atom is -0.381 e. The van der Waals surface area contributed by atoms with Crippen molar-refractivity contribution < 1.29 is 4.74 Å². The molecule has 2 nitrogen and oxygen atoms in total. The van der Waals surface area contributed by atoms with Crippen LogP contribution in [0.4, 0.5) is 0 Å². The summed E-state index contributed by atoms with van der Waals surface area (Å²) in [4.78, 5) is 0. The van der Waals surface area contributed by atoms with E-state index in [0.717, 1.165) is 19.3 Å². The Morgan fingerprint density at radius 3 is 2.56 bits per heavy atom. The van der Waals surface area contributed by atoms with Crippen molar-refractivity contribution in [3.63, 3.8) is 0 Å². The molecule has 1 heterocycles. The van der Waals surface area contributed by atoms with Crippen LogP contribution in [0.2, 0.25) is 0 Å². The van der Waals surface area contributed by atoms with Crippen molar-refractivity contribution in [3.05, 3.63) is 0 Å². The molecule has 1 atom stereocenters. The summed E-state index contributed by atoms with van der Waals surface area (Å²) in [5.41, 5.74) is 1.30. The second-order valence-corrected chi connectivity index (χ2v) is 7.05. The second kappa shape index (κ2) is 5.13. The molecule has 3 rings (SSSR count). The topological polar surface area (TPSA) is 21.3 Å². The number of hydrogen-bond donors (Lipinski definition) is 1. The molecule has 0 amide bonds. The molecule has 1 saturated heterocycles. The molecule has 0 aromatic heterocycles. The molecule has 1 spiro atoms. The van der Waals surface area contributed by atoms with E-state index in [9.17, 15) is 0 Å². The highest BCUT2D eigenvalue weighted by atomic mass is 16.5. The molecule has 0 bridgehead atoms. The molecule has 1 N–H and O–H groups in total. The van der Waals surface area contributed by atoms with Crippen LogP contribution in [-0.4, -0.2) is 25.8 Å². The number of rotatable bonds is 5. The highest BCUT2D eigenvalue weighted by Gasteiger charge is 2.46. The Morgan fingerprint density at radius 1 is 1.11 bits per heavy atom. The lowest BCUT2D eigenvalue weighted by atomic mass is 9.75. The van der Waals surface area contributed by atoms with Crippen molar-refractivity contribution >= 4 is 0 Å². The van der Waals surface area contributed by atoms with Crippen LogP contribution in [0.3, 0.4) is 0 Å². The predicted octanol–water partition coefficient (Wildman–Crippen LogP) is 3.51. The first-order chi connectivity index (χ1) is 8.79. The van der Waals surface area contributed by atoms with E-state index in [2.05, 4.69) is 12.2 Å². The first-order valence-electron chi connectivity index (χ1n) is 8.10. The van der Waals surface area contributed by atoms with Crippen molar-refractivity contribution in [2.75, 3.05) is 19.8 Å². The van der Waals surface area contributed by atoms with Crippen LogP contribution in [0, 0.1) is 10.8 Å². The normalized spacial score (nSPS) is 32.8. The van der Waals surface area contributed by atoms with Gasteiger partial charge in [0.25, 0.3) is 0 Å². The maximum Gasteiger partial charge on any atom is 0.0471 e. The largest absolute Gasteiger partial charge is 0.381 e. The van der Waals surface area contributed by atoms with Gasteiger partial charge in [0.15, 0.2) is 0 Å². The van der Waals surface area contributed by atoms with Gasteiger partial charge in [-0.25, -0.2) is 0 Å². The molecule has 0 aromatic rings. The highest BCUT2D eigenvalue weighted by molar-refractivity contribution is 5.01. The third kappa shape index (κ3) is 2.46. The Balaban J connectivity index is 1.55. The van der Waals surface area contributed by atoms with E-state index in [1.165, 1.54) is 64.3 Å². The maximum absolute atomic E-state index is 5.57. The fourth-order valence-corrected chi connectivity index (χ4v) is 4.40. The zero-order valence-corrected chi connectivity index (χ0v) is 12.0. The van der Waals surface area contributed by atoms with E-state index in [1.54, 1.807) is 0 Å². The van der Waals surface area contributed by atoms with Gasteiger partial charge in [0, 0.05) is 25.8 Å². The average molecular weight is 251 g/mol. The van der Waals surface area contributed by atoms with Crippen LogP contribution in [-0.2, 0) is 4.74 Å². The lowest BCUT2D eigenvalue weighted by molar-refractivity contribution is 0.00359. The molecular formula is C16H29NO. The van der Waals surface area contributed by atoms with E-state index < -0.39 is 0 Å². The fourth-order valence-electron chi connectivity index (χ4n) is 4.40. The Bertz CT molecular complexity index is 279. The first-order valence-corrected chi connectivity index (χ1v) is 8.10. The van der Waals surface area contributed by atoms with Gasteiger partial charge >= 0.3 is 0 Å². The fraction of sp³-hybridized carbons (Fsp3) is 1.00. The van der Waals surface area contributed by atoms with E-state index in [1.807, 2.05) is 0 Å². The minimum atomic E-state index is 0.598. The molecule has 1 unspecified atom stereocenters. The Morgan fingerprint density at radius 2 is 1.89 bits per heavy atom. The SMILES string of the molecule is CCCC1(CNC2CCCC23CCOCC3)CC1. The van der Waals surface area contributed by atoms with Gasteiger partial charge in [0.05, 0.1) is 0 Å². The Kier molecular flexibility index (Phi) is 3.68. The summed E-state index contributed by atoms with van der Waals surface area (Å²) in [6.07, 6.45) is 12.6. The monoisotopic (exact) mass is 251 g/mol. The molecule has 18 heavy (non-hydrogen) atoms. The van der Waals surface area contributed by atoms with Gasteiger partial charge in [0.2, 0.25) is 0 Å². The number of ether oxygens (including phenoxy) is 1. The van der Waals surface area contributed by atoms with Crippen LogP contribution in [0.15, 0.2) is 0 Å². The van der Waals surface area contributed by atoms with Gasteiger partial charge in [-0.05, 0) is 55.8 Å². The lowest BCUT2D eigenvalue weighted by Crippen LogP contribution is -2.46. The summed E-state index contributed by atoms with van der Waals surface area (Å²) in [6.45, 7) is 5.61. The highest BCUT2D eigenvalue weighted by Crippen LogP contribution is 2.51. The molecule has 2 heteroatoms. The van der Waals surface area contributed by atoms with Gasteiger partial charge < -0.3 is 10.1 Å². The molecule has 0 aromatic carbocycles. The zero-order valence-electron chi connectivity index (χ0n) is 12.0. The first kappa shape index (κ1) is 12.9. The van der Waals surface area contributed by atoms with Crippen LogP contribution >= 0.6 is 0 Å². The lowest BCUT2D eigenvalue weighted by Gasteiger charge is -2.40. The van der Waals surface area contributed by atoms with Crippen LogP contribution in [0.1, 0.15) is 64.7 Å². The van der Waals surface area contributed by atoms with Crippen LogP contribution < -0.4 is 5.32 Å². The molecule has 0 radical (unpaired) electrons. The van der Waals surface area contributed by atoms with E-state index in [-0.39, 0.29) is 0 Å². The Hall–Kier alpha value is -0.0800. The van der Waals surface area contributed by atoms with Gasteiger partial charge in [0.1, 0.15) is 0 Å². The molecule has 2 saturated carbocycles. The second-order valence-electron chi connectivity index (χ2n) is 7.05. The van der Waals surface area contributed by atoms with Gasteiger partial charge in [-0.15, -0.1) is 0 Å². The summed E-state index contributed by atoms with van der Waals surface area (Å²) in [6, 6.07) is 0.788. The zero-order chi connectivity index (χ0) is 12.5. The van der Waals surface area contributed by atoms with Crippen molar-refractivity contribution in [2.45, 2.75) is 70.8 Å². The quantitative estimate of drug-likeness (QED) is 0.807. The van der Waals surface area contributed by atoms with Gasteiger partial charge in [-0.3, -0.25) is 0 Å². The summed E-state index contributed by atoms with van der Waals surface area (Å²) < 4.78 is 5.57. The summed E-state index contributed by atoms with van der Waals surface area (Å²) in [7, 11) is 0. The summed E-state index contributed by atoms with van der Waals surface area (Å²) >= 11 is 0. The minimum absolute atomic E-state index is 0.598. The van der Waals surface area contributed by atoms with Gasteiger partial charge in [-0.2, -0.15) is 0 Å². The molecule has 3 fully saturated rings. The van der Waals surface area contributed by atoms with Crippen LogP contribution in [0.25, 0.3) is 0 Å². The number of hydrogen-bond acceptors (Lipinski definition) is 2. The van der Waals surface area contributed by atoms with Crippen molar-refractivity contribution in [1.29, 1.82) is 0 Å². The van der Waals surface area contributed by atoms with Crippen molar-refractivity contribution in [1.82, 2.24) is 5.32 Å².